The number of pyridine rings is 1. The number of nitrogens with two attached hydrogens (primary N) is 1. The van der Waals surface area contributed by atoms with E-state index in [9.17, 15) is 4.79 Å². The minimum atomic E-state index is -0.413. The number of nitrogen functional groups attached to an aromatic ring is 1. The van der Waals surface area contributed by atoms with Crippen molar-refractivity contribution in [2.45, 2.75) is 13.1 Å². The molecule has 0 atom stereocenters. The first-order chi connectivity index (χ1) is 8.74. The molecule has 0 aromatic carbocycles. The van der Waals surface area contributed by atoms with E-state index in [0.29, 0.717) is 30.0 Å². The monoisotopic (exact) mass is 245 g/mol. The van der Waals surface area contributed by atoms with Crippen LogP contribution >= 0.6 is 0 Å². The molecule has 0 fully saturated rings. The van der Waals surface area contributed by atoms with Crippen molar-refractivity contribution < 1.29 is 4.42 Å². The van der Waals surface area contributed by atoms with Gasteiger partial charge < -0.3 is 10.2 Å². The summed E-state index contributed by atoms with van der Waals surface area (Å²) >= 11 is 0. The standard InChI is InChI=1S/C11H11N5O2/c12-8-6-14-15(7-8)4-5-16-10-9(18-11(16)17)2-1-3-13-10/h1-3,6-7H,4-5,12H2. The summed E-state index contributed by atoms with van der Waals surface area (Å²) in [5, 5.41) is 4.05. The van der Waals surface area contributed by atoms with E-state index < -0.39 is 5.76 Å². The molecule has 0 aliphatic rings. The summed E-state index contributed by atoms with van der Waals surface area (Å²) in [6.45, 7) is 0.965. The molecule has 0 saturated heterocycles. The van der Waals surface area contributed by atoms with Crippen molar-refractivity contribution in [3.63, 3.8) is 0 Å². The van der Waals surface area contributed by atoms with Gasteiger partial charge in [-0.05, 0) is 12.1 Å². The maximum atomic E-state index is 11.7. The van der Waals surface area contributed by atoms with Crippen molar-refractivity contribution in [2.75, 3.05) is 5.73 Å². The van der Waals surface area contributed by atoms with Crippen LogP contribution in [0.4, 0.5) is 5.69 Å². The van der Waals surface area contributed by atoms with Gasteiger partial charge in [0.1, 0.15) is 0 Å². The molecule has 0 radical (unpaired) electrons. The van der Waals surface area contributed by atoms with Crippen molar-refractivity contribution in [3.8, 4) is 0 Å². The van der Waals surface area contributed by atoms with Gasteiger partial charge >= 0.3 is 5.76 Å². The first-order valence-corrected chi connectivity index (χ1v) is 5.46. The third kappa shape index (κ3) is 1.75. The Hall–Kier alpha value is -2.57. The zero-order valence-electron chi connectivity index (χ0n) is 9.48. The number of anilines is 1. The summed E-state index contributed by atoms with van der Waals surface area (Å²) in [7, 11) is 0. The molecule has 18 heavy (non-hydrogen) atoms. The lowest BCUT2D eigenvalue weighted by Gasteiger charge is -2.01. The minimum Gasteiger partial charge on any atom is -0.406 e. The minimum absolute atomic E-state index is 0.413. The van der Waals surface area contributed by atoms with E-state index in [2.05, 4.69) is 10.1 Å². The van der Waals surface area contributed by atoms with Crippen LogP contribution in [0.2, 0.25) is 0 Å². The van der Waals surface area contributed by atoms with E-state index >= 15 is 0 Å². The Balaban J connectivity index is 1.90. The van der Waals surface area contributed by atoms with Crippen LogP contribution in [-0.2, 0) is 13.1 Å². The summed E-state index contributed by atoms with van der Waals surface area (Å²) in [6.07, 6.45) is 4.90. The Morgan fingerprint density at radius 1 is 1.39 bits per heavy atom. The number of hydrogen-bond acceptors (Lipinski definition) is 5. The van der Waals surface area contributed by atoms with Crippen LogP contribution in [0.5, 0.6) is 0 Å². The van der Waals surface area contributed by atoms with Crippen molar-refractivity contribution in [2.24, 2.45) is 0 Å². The van der Waals surface area contributed by atoms with Gasteiger partial charge in [-0.2, -0.15) is 5.10 Å². The van der Waals surface area contributed by atoms with Gasteiger partial charge in [-0.1, -0.05) is 0 Å². The lowest BCUT2D eigenvalue weighted by molar-refractivity contribution is 0.470. The molecule has 0 bridgehead atoms. The van der Waals surface area contributed by atoms with E-state index in [1.54, 1.807) is 35.4 Å². The van der Waals surface area contributed by atoms with Crippen LogP contribution in [0, 0.1) is 0 Å². The first kappa shape index (κ1) is 10.6. The van der Waals surface area contributed by atoms with Gasteiger partial charge in [-0.3, -0.25) is 9.25 Å². The Kier molecular flexibility index (Phi) is 2.36. The predicted molar refractivity (Wildman–Crippen MR) is 64.9 cm³/mol. The number of aryl methyl sites for hydroxylation is 2. The van der Waals surface area contributed by atoms with E-state index in [0.717, 1.165) is 0 Å². The molecule has 2 N–H and O–H groups in total. The van der Waals surface area contributed by atoms with Gasteiger partial charge in [0.25, 0.3) is 0 Å². The van der Waals surface area contributed by atoms with Crippen molar-refractivity contribution in [1.82, 2.24) is 19.3 Å². The summed E-state index contributed by atoms with van der Waals surface area (Å²) < 4.78 is 8.23. The Bertz CT molecular complexity index is 739. The fourth-order valence-electron chi connectivity index (χ4n) is 1.80. The molecule has 7 heteroatoms. The number of hydrogen-bond donors (Lipinski definition) is 1. The smallest absolute Gasteiger partial charge is 0.406 e. The highest BCUT2D eigenvalue weighted by atomic mass is 16.4. The largest absolute Gasteiger partial charge is 0.421 e. The number of fused-ring (bicyclic) bond motifs is 1. The van der Waals surface area contributed by atoms with Crippen LogP contribution in [-0.4, -0.2) is 19.3 Å². The molecule has 0 aliphatic heterocycles. The zero-order valence-corrected chi connectivity index (χ0v) is 9.48. The van der Waals surface area contributed by atoms with Crippen LogP contribution in [0.1, 0.15) is 0 Å². The second kappa shape index (κ2) is 4.02. The first-order valence-electron chi connectivity index (χ1n) is 5.46. The SMILES string of the molecule is Nc1cnn(CCn2c(=O)oc3cccnc32)c1. The Morgan fingerprint density at radius 2 is 2.28 bits per heavy atom. The average molecular weight is 245 g/mol. The van der Waals surface area contributed by atoms with Crippen molar-refractivity contribution >= 4 is 16.9 Å². The van der Waals surface area contributed by atoms with Gasteiger partial charge in [-0.25, -0.2) is 9.78 Å². The topological polar surface area (TPSA) is 91.9 Å². The van der Waals surface area contributed by atoms with Gasteiger partial charge in [0.2, 0.25) is 0 Å². The Labute approximate surface area is 101 Å². The van der Waals surface area contributed by atoms with Crippen LogP contribution < -0.4 is 11.5 Å². The quantitative estimate of drug-likeness (QED) is 0.724. The molecular weight excluding hydrogens is 234 g/mol. The van der Waals surface area contributed by atoms with E-state index in [-0.39, 0.29) is 0 Å². The summed E-state index contributed by atoms with van der Waals surface area (Å²) in [4.78, 5) is 15.8. The number of aromatic nitrogens is 4. The van der Waals surface area contributed by atoms with Gasteiger partial charge in [0.05, 0.1) is 25.0 Å². The lowest BCUT2D eigenvalue weighted by Crippen LogP contribution is -2.18. The van der Waals surface area contributed by atoms with E-state index in [1.165, 1.54) is 4.57 Å². The van der Waals surface area contributed by atoms with Crippen LogP contribution in [0.15, 0.2) is 39.9 Å². The molecule has 3 aromatic rings. The summed E-state index contributed by atoms with van der Waals surface area (Å²) in [5.74, 6) is -0.413. The van der Waals surface area contributed by atoms with Crippen molar-refractivity contribution in [1.29, 1.82) is 0 Å². The van der Waals surface area contributed by atoms with E-state index in [1.807, 2.05) is 0 Å². The normalized spacial score (nSPS) is 11.1. The molecule has 3 heterocycles. The fourth-order valence-corrected chi connectivity index (χ4v) is 1.80. The molecule has 0 spiro atoms. The predicted octanol–water partition coefficient (Wildman–Crippen LogP) is 0.468. The molecule has 7 nitrogen and oxygen atoms in total. The molecule has 0 amide bonds. The van der Waals surface area contributed by atoms with Gasteiger partial charge in [0.15, 0.2) is 11.2 Å². The fraction of sp³-hybridized carbons (Fsp3) is 0.182. The number of oxazole rings is 1. The number of rotatable bonds is 3. The zero-order chi connectivity index (χ0) is 12.5. The van der Waals surface area contributed by atoms with Crippen LogP contribution in [0.25, 0.3) is 11.2 Å². The highest BCUT2D eigenvalue weighted by Gasteiger charge is 2.09. The molecule has 3 rings (SSSR count). The lowest BCUT2D eigenvalue weighted by atomic mass is 10.4. The van der Waals surface area contributed by atoms with Gasteiger partial charge in [-0.15, -0.1) is 0 Å². The average Bonchev–Trinajstić information content (AvgIpc) is 2.90. The Morgan fingerprint density at radius 3 is 3.06 bits per heavy atom. The second-order valence-corrected chi connectivity index (χ2v) is 3.88. The highest BCUT2D eigenvalue weighted by Crippen LogP contribution is 2.08. The number of nitrogens with zero attached hydrogens (tertiary/aromatic N) is 4. The molecular formula is C11H11N5O2. The summed E-state index contributed by atoms with van der Waals surface area (Å²) in [5.41, 5.74) is 7.19. The van der Waals surface area contributed by atoms with Gasteiger partial charge in [0, 0.05) is 12.4 Å². The third-order valence-electron chi connectivity index (χ3n) is 2.63. The second-order valence-electron chi connectivity index (χ2n) is 3.88. The van der Waals surface area contributed by atoms with Crippen LogP contribution in [0.3, 0.4) is 0 Å². The highest BCUT2D eigenvalue weighted by molar-refractivity contribution is 5.67. The molecule has 0 unspecified atom stereocenters. The molecule has 0 saturated carbocycles. The third-order valence-corrected chi connectivity index (χ3v) is 2.63. The molecule has 92 valence electrons. The van der Waals surface area contributed by atoms with E-state index in [4.69, 9.17) is 10.2 Å². The molecule has 3 aromatic heterocycles. The summed E-state index contributed by atoms with van der Waals surface area (Å²) in [6, 6.07) is 3.44. The van der Waals surface area contributed by atoms with Crippen molar-refractivity contribution in [3.05, 3.63) is 41.3 Å². The maximum Gasteiger partial charge on any atom is 0.421 e. The maximum absolute atomic E-state index is 11.7. The molecule has 0 aliphatic carbocycles.